The average Bonchev–Trinajstić information content (AvgIpc) is 3.04. The Hall–Kier alpha value is -2.23. The Balaban J connectivity index is 1.80. The molecular weight excluding hydrogens is 383 g/mol. The van der Waals surface area contributed by atoms with Gasteiger partial charge >= 0.3 is 5.97 Å². The number of halogens is 1. The Kier molecular flexibility index (Phi) is 6.48. The standard InChI is InChI=1S/C19H23FN4O3S/c1-11(2)16(21)18(26)27-14-10-13(20)6-5-12(14)9-15-17(25)23-19(28-15)24-8-4-3-7-22-24/h5-6,9-11,16,22H,3-4,7-8,21H2,1-2H3. The van der Waals surface area contributed by atoms with Crippen molar-refractivity contribution in [1.82, 2.24) is 10.4 Å². The Bertz CT molecular complexity index is 834. The SMILES string of the molecule is CC(C)C(N)C(=O)Oc1cc(F)ccc1C=C1SC(N2CCCCN2)=NC1=O. The number of amides is 1. The van der Waals surface area contributed by atoms with Crippen molar-refractivity contribution in [3.8, 4) is 5.75 Å². The van der Waals surface area contributed by atoms with Crippen LogP contribution in [0.1, 0.15) is 32.3 Å². The molecule has 1 aromatic carbocycles. The molecule has 2 heterocycles. The number of carbonyl (C=O) groups excluding carboxylic acids is 2. The van der Waals surface area contributed by atoms with Gasteiger partial charge in [-0.1, -0.05) is 13.8 Å². The normalized spacial score (nSPS) is 19.9. The van der Waals surface area contributed by atoms with Gasteiger partial charge in [0.2, 0.25) is 0 Å². The summed E-state index contributed by atoms with van der Waals surface area (Å²) >= 11 is 1.23. The van der Waals surface area contributed by atoms with E-state index >= 15 is 0 Å². The summed E-state index contributed by atoms with van der Waals surface area (Å²) in [6, 6.07) is 2.97. The molecule has 1 atom stereocenters. The number of hydrogen-bond acceptors (Lipinski definition) is 7. The third-order valence-electron chi connectivity index (χ3n) is 4.41. The highest BCUT2D eigenvalue weighted by Crippen LogP contribution is 2.33. The van der Waals surface area contributed by atoms with E-state index in [1.165, 1.54) is 23.9 Å². The number of nitrogens with two attached hydrogens (primary N) is 1. The van der Waals surface area contributed by atoms with Crippen LogP contribution in [0.25, 0.3) is 6.08 Å². The summed E-state index contributed by atoms with van der Waals surface area (Å²) in [7, 11) is 0. The number of hydrazine groups is 1. The van der Waals surface area contributed by atoms with Crippen molar-refractivity contribution in [2.45, 2.75) is 32.7 Å². The molecule has 0 aromatic heterocycles. The van der Waals surface area contributed by atoms with Gasteiger partial charge < -0.3 is 10.5 Å². The fourth-order valence-corrected chi connectivity index (χ4v) is 3.58. The van der Waals surface area contributed by atoms with Crippen molar-refractivity contribution in [2.24, 2.45) is 16.6 Å². The number of thioether (sulfide) groups is 1. The first-order chi connectivity index (χ1) is 13.3. The van der Waals surface area contributed by atoms with Crippen LogP contribution >= 0.6 is 11.8 Å². The number of nitrogens with one attached hydrogen (secondary N) is 1. The number of nitrogens with zero attached hydrogens (tertiary/aromatic N) is 2. The lowest BCUT2D eigenvalue weighted by Crippen LogP contribution is -2.45. The molecule has 1 fully saturated rings. The van der Waals surface area contributed by atoms with Gasteiger partial charge in [-0.15, -0.1) is 0 Å². The molecule has 0 saturated carbocycles. The van der Waals surface area contributed by atoms with Crippen molar-refractivity contribution in [3.63, 3.8) is 0 Å². The smallest absolute Gasteiger partial charge is 0.328 e. The molecule has 1 saturated heterocycles. The van der Waals surface area contributed by atoms with Gasteiger partial charge in [0.25, 0.3) is 5.91 Å². The van der Waals surface area contributed by atoms with E-state index in [2.05, 4.69) is 10.4 Å². The van der Waals surface area contributed by atoms with E-state index in [0.717, 1.165) is 32.0 Å². The highest BCUT2D eigenvalue weighted by atomic mass is 32.2. The topological polar surface area (TPSA) is 97.0 Å². The van der Waals surface area contributed by atoms with E-state index in [1.54, 1.807) is 19.9 Å². The molecule has 0 radical (unpaired) electrons. The van der Waals surface area contributed by atoms with Crippen molar-refractivity contribution < 1.29 is 18.7 Å². The predicted octanol–water partition coefficient (Wildman–Crippen LogP) is 2.29. The maximum Gasteiger partial charge on any atom is 0.328 e. The van der Waals surface area contributed by atoms with E-state index in [9.17, 15) is 14.0 Å². The van der Waals surface area contributed by atoms with Gasteiger partial charge in [-0.2, -0.15) is 4.99 Å². The third kappa shape index (κ3) is 4.78. The molecule has 150 valence electrons. The lowest BCUT2D eigenvalue weighted by molar-refractivity contribution is -0.136. The zero-order valence-electron chi connectivity index (χ0n) is 15.8. The highest BCUT2D eigenvalue weighted by molar-refractivity contribution is 8.18. The number of hydrogen-bond donors (Lipinski definition) is 2. The summed E-state index contributed by atoms with van der Waals surface area (Å²) < 4.78 is 19.0. The molecule has 1 amide bonds. The van der Waals surface area contributed by atoms with Crippen molar-refractivity contribution in [1.29, 1.82) is 0 Å². The minimum absolute atomic E-state index is 0.0200. The second-order valence-corrected chi connectivity index (χ2v) is 7.96. The van der Waals surface area contributed by atoms with Gasteiger partial charge in [-0.3, -0.25) is 9.80 Å². The van der Waals surface area contributed by atoms with Gasteiger partial charge in [0.1, 0.15) is 17.6 Å². The molecular formula is C19H23FN4O3S. The predicted molar refractivity (Wildman–Crippen MR) is 107 cm³/mol. The van der Waals surface area contributed by atoms with Crippen LogP contribution in [0.3, 0.4) is 0 Å². The molecule has 2 aliphatic rings. The zero-order chi connectivity index (χ0) is 20.3. The van der Waals surface area contributed by atoms with Gasteiger partial charge in [0.15, 0.2) is 5.17 Å². The van der Waals surface area contributed by atoms with Gasteiger partial charge in [0.05, 0.1) is 4.91 Å². The van der Waals surface area contributed by atoms with E-state index in [1.807, 2.05) is 5.01 Å². The van der Waals surface area contributed by atoms with Gasteiger partial charge in [0, 0.05) is 24.7 Å². The molecule has 1 aromatic rings. The van der Waals surface area contributed by atoms with Crippen LogP contribution in [0.2, 0.25) is 0 Å². The van der Waals surface area contributed by atoms with Crippen LogP contribution < -0.4 is 15.9 Å². The van der Waals surface area contributed by atoms with Crippen molar-refractivity contribution in [3.05, 3.63) is 34.5 Å². The third-order valence-corrected chi connectivity index (χ3v) is 5.42. The second kappa shape index (κ2) is 8.85. The quantitative estimate of drug-likeness (QED) is 0.450. The number of amidine groups is 1. The monoisotopic (exact) mass is 406 g/mol. The molecule has 0 aliphatic carbocycles. The molecule has 28 heavy (non-hydrogen) atoms. The molecule has 9 heteroatoms. The maximum atomic E-state index is 13.7. The van der Waals surface area contributed by atoms with Gasteiger partial charge in [-0.25, -0.2) is 14.6 Å². The molecule has 3 rings (SSSR count). The van der Waals surface area contributed by atoms with Crippen LogP contribution in [-0.4, -0.2) is 41.2 Å². The van der Waals surface area contributed by atoms with Crippen LogP contribution in [0.5, 0.6) is 5.75 Å². The molecule has 1 unspecified atom stereocenters. The number of rotatable bonds is 4. The lowest BCUT2D eigenvalue weighted by atomic mass is 10.1. The first-order valence-electron chi connectivity index (χ1n) is 9.15. The summed E-state index contributed by atoms with van der Waals surface area (Å²) in [5, 5.41) is 2.44. The summed E-state index contributed by atoms with van der Waals surface area (Å²) in [4.78, 5) is 28.9. The van der Waals surface area contributed by atoms with Crippen LogP contribution in [0.15, 0.2) is 28.1 Å². The molecule has 7 nitrogen and oxygen atoms in total. The lowest BCUT2D eigenvalue weighted by Gasteiger charge is -2.28. The zero-order valence-corrected chi connectivity index (χ0v) is 16.6. The maximum absolute atomic E-state index is 13.7. The Morgan fingerprint density at radius 3 is 2.89 bits per heavy atom. The van der Waals surface area contributed by atoms with Crippen molar-refractivity contribution in [2.75, 3.05) is 13.1 Å². The summed E-state index contributed by atoms with van der Waals surface area (Å²) in [5.41, 5.74) is 9.42. The Labute approximate surface area is 167 Å². The van der Waals surface area contributed by atoms with Crippen molar-refractivity contribution >= 4 is 34.9 Å². The molecule has 0 bridgehead atoms. The van der Waals surface area contributed by atoms with E-state index in [-0.39, 0.29) is 17.6 Å². The first kappa shape index (κ1) is 20.5. The minimum atomic E-state index is -0.827. The number of esters is 1. The largest absolute Gasteiger partial charge is 0.425 e. The number of benzene rings is 1. The van der Waals surface area contributed by atoms with Crippen LogP contribution in [0, 0.1) is 11.7 Å². The van der Waals surface area contributed by atoms with E-state index < -0.39 is 17.8 Å². The summed E-state index contributed by atoms with van der Waals surface area (Å²) in [6.07, 6.45) is 3.65. The summed E-state index contributed by atoms with van der Waals surface area (Å²) in [5.74, 6) is -1.69. The second-order valence-electron chi connectivity index (χ2n) is 6.95. The number of carbonyl (C=O) groups is 2. The summed E-state index contributed by atoms with van der Waals surface area (Å²) in [6.45, 7) is 5.20. The number of aliphatic imine (C=N–C) groups is 1. The minimum Gasteiger partial charge on any atom is -0.425 e. The van der Waals surface area contributed by atoms with Gasteiger partial charge in [-0.05, 0) is 48.7 Å². The Morgan fingerprint density at radius 2 is 2.21 bits per heavy atom. The fraction of sp³-hybridized carbons (Fsp3) is 0.421. The van der Waals surface area contributed by atoms with Crippen LogP contribution in [0.4, 0.5) is 4.39 Å². The van der Waals surface area contributed by atoms with E-state index in [0.29, 0.717) is 15.6 Å². The fourth-order valence-electron chi connectivity index (χ4n) is 2.67. The van der Waals surface area contributed by atoms with Crippen LogP contribution in [-0.2, 0) is 9.59 Å². The molecule has 0 spiro atoms. The van der Waals surface area contributed by atoms with E-state index in [4.69, 9.17) is 10.5 Å². The molecule has 2 aliphatic heterocycles. The first-order valence-corrected chi connectivity index (χ1v) is 9.97. The Morgan fingerprint density at radius 1 is 1.43 bits per heavy atom. The number of ether oxygens (including phenoxy) is 1. The highest BCUT2D eigenvalue weighted by Gasteiger charge is 2.28. The molecule has 3 N–H and O–H groups in total. The average molecular weight is 406 g/mol.